The van der Waals surface area contributed by atoms with Crippen molar-refractivity contribution >= 4 is 23.5 Å². The SMILES string of the molecule is NC(=O)N1C[C@@H](O)[C@@H](O)[C@@]1(C(N)=O)c1ccc(N2CCOCC2=O)cc1. The predicted molar refractivity (Wildman–Crippen MR) is 88.8 cm³/mol. The maximum atomic E-state index is 12.3. The normalized spacial score (nSPS) is 29.1. The number of carbonyl (C=O) groups excluding carboxylic acids is 3. The zero-order valence-corrected chi connectivity index (χ0v) is 13.9. The number of likely N-dealkylation sites (tertiary alicyclic amines) is 1. The quantitative estimate of drug-likeness (QED) is 0.478. The molecule has 2 aliphatic heterocycles. The molecular formula is C16H20N4O6. The summed E-state index contributed by atoms with van der Waals surface area (Å²) in [6.07, 6.45) is -3.01. The minimum Gasteiger partial charge on any atom is -0.388 e. The highest BCUT2D eigenvalue weighted by molar-refractivity contribution is 5.95. The molecule has 0 radical (unpaired) electrons. The fourth-order valence-corrected chi connectivity index (χ4v) is 3.57. The fraction of sp³-hybridized carbons (Fsp3) is 0.438. The van der Waals surface area contributed by atoms with Crippen LogP contribution in [0.15, 0.2) is 24.3 Å². The molecule has 2 saturated heterocycles. The molecule has 10 heteroatoms. The highest BCUT2D eigenvalue weighted by Gasteiger charge is 2.60. The summed E-state index contributed by atoms with van der Waals surface area (Å²) in [5.41, 5.74) is 9.61. The van der Waals surface area contributed by atoms with Crippen molar-refractivity contribution in [1.82, 2.24) is 4.90 Å². The molecule has 2 fully saturated rings. The molecule has 3 atom stereocenters. The minimum atomic E-state index is -1.99. The second kappa shape index (κ2) is 6.56. The van der Waals surface area contributed by atoms with Crippen molar-refractivity contribution in [1.29, 1.82) is 0 Å². The second-order valence-electron chi connectivity index (χ2n) is 6.24. The molecule has 26 heavy (non-hydrogen) atoms. The number of nitrogens with zero attached hydrogens (tertiary/aromatic N) is 2. The van der Waals surface area contributed by atoms with Crippen LogP contribution in [0, 0.1) is 0 Å². The average Bonchev–Trinajstić information content (AvgIpc) is 2.88. The Kier molecular flexibility index (Phi) is 4.57. The number of amides is 4. The van der Waals surface area contributed by atoms with E-state index in [2.05, 4.69) is 0 Å². The number of aliphatic hydroxyl groups excluding tert-OH is 2. The van der Waals surface area contributed by atoms with E-state index >= 15 is 0 Å². The summed E-state index contributed by atoms with van der Waals surface area (Å²) in [6.45, 7) is 0.434. The number of rotatable bonds is 3. The van der Waals surface area contributed by atoms with Gasteiger partial charge >= 0.3 is 6.03 Å². The Morgan fingerprint density at radius 1 is 1.19 bits per heavy atom. The monoisotopic (exact) mass is 364 g/mol. The molecular weight excluding hydrogens is 344 g/mol. The Hall–Kier alpha value is -2.69. The highest BCUT2D eigenvalue weighted by atomic mass is 16.5. The van der Waals surface area contributed by atoms with E-state index in [1.165, 1.54) is 17.0 Å². The van der Waals surface area contributed by atoms with Gasteiger partial charge in [-0.1, -0.05) is 12.1 Å². The van der Waals surface area contributed by atoms with Crippen LogP contribution < -0.4 is 16.4 Å². The highest BCUT2D eigenvalue weighted by Crippen LogP contribution is 2.39. The molecule has 2 aliphatic rings. The van der Waals surface area contributed by atoms with Crippen molar-refractivity contribution in [3.8, 4) is 0 Å². The number of aliphatic hydroxyl groups is 2. The van der Waals surface area contributed by atoms with Gasteiger partial charge in [0.05, 0.1) is 13.2 Å². The number of benzene rings is 1. The Morgan fingerprint density at radius 2 is 1.85 bits per heavy atom. The van der Waals surface area contributed by atoms with Crippen LogP contribution in [0.1, 0.15) is 5.56 Å². The molecule has 2 heterocycles. The molecule has 140 valence electrons. The van der Waals surface area contributed by atoms with Gasteiger partial charge in [0.1, 0.15) is 18.8 Å². The lowest BCUT2D eigenvalue weighted by Crippen LogP contribution is -2.60. The topological polar surface area (TPSA) is 159 Å². The lowest BCUT2D eigenvalue weighted by atomic mass is 9.83. The zero-order chi connectivity index (χ0) is 19.1. The summed E-state index contributed by atoms with van der Waals surface area (Å²) in [5.74, 6) is -1.22. The van der Waals surface area contributed by atoms with Gasteiger partial charge in [0, 0.05) is 12.2 Å². The number of nitrogens with two attached hydrogens (primary N) is 2. The molecule has 10 nitrogen and oxygen atoms in total. The Morgan fingerprint density at radius 3 is 2.38 bits per heavy atom. The van der Waals surface area contributed by atoms with Crippen molar-refractivity contribution in [3.05, 3.63) is 29.8 Å². The van der Waals surface area contributed by atoms with Crippen molar-refractivity contribution < 1.29 is 29.3 Å². The van der Waals surface area contributed by atoms with Gasteiger partial charge in [0.2, 0.25) is 0 Å². The van der Waals surface area contributed by atoms with Crippen LogP contribution in [0.5, 0.6) is 0 Å². The third-order valence-corrected chi connectivity index (χ3v) is 4.83. The lowest BCUT2D eigenvalue weighted by Gasteiger charge is -2.37. The number of primary amides is 2. The van der Waals surface area contributed by atoms with Gasteiger partial charge in [-0.3, -0.25) is 9.59 Å². The number of urea groups is 1. The molecule has 0 spiro atoms. The zero-order valence-electron chi connectivity index (χ0n) is 13.9. The van der Waals surface area contributed by atoms with Crippen molar-refractivity contribution in [2.24, 2.45) is 11.5 Å². The van der Waals surface area contributed by atoms with Gasteiger partial charge < -0.3 is 36.2 Å². The standard InChI is InChI=1S/C16H20N4O6/c17-14(24)16(13(23)11(21)7-20(16)15(18)25)9-1-3-10(4-2-9)19-5-6-26-8-12(19)22/h1-4,11,13,21,23H,5-8H2,(H2,17,24)(H2,18,25)/t11-,13-,16-/m1/s1. The summed E-state index contributed by atoms with van der Waals surface area (Å²) >= 11 is 0. The molecule has 1 aromatic rings. The minimum absolute atomic E-state index is 0.0205. The Balaban J connectivity index is 2.02. The van der Waals surface area contributed by atoms with E-state index in [4.69, 9.17) is 16.2 Å². The van der Waals surface area contributed by atoms with Crippen LogP contribution in [0.2, 0.25) is 0 Å². The number of ether oxygens (including phenoxy) is 1. The molecule has 0 saturated carbocycles. The molecule has 0 aliphatic carbocycles. The summed E-state index contributed by atoms with van der Waals surface area (Å²) in [6, 6.07) is 5.09. The number of hydrogen-bond acceptors (Lipinski definition) is 6. The van der Waals surface area contributed by atoms with Crippen LogP contribution in [0.25, 0.3) is 0 Å². The summed E-state index contributed by atoms with van der Waals surface area (Å²) in [5, 5.41) is 20.4. The van der Waals surface area contributed by atoms with E-state index in [1.54, 1.807) is 12.1 Å². The van der Waals surface area contributed by atoms with E-state index in [0.29, 0.717) is 18.8 Å². The van der Waals surface area contributed by atoms with Crippen LogP contribution in [0.3, 0.4) is 0 Å². The Bertz CT molecular complexity index is 739. The van der Waals surface area contributed by atoms with E-state index in [9.17, 15) is 24.6 Å². The molecule has 6 N–H and O–H groups in total. The van der Waals surface area contributed by atoms with Gasteiger partial charge in [-0.05, 0) is 17.7 Å². The number of morpholine rings is 1. The van der Waals surface area contributed by atoms with E-state index in [1.807, 2.05) is 0 Å². The average molecular weight is 364 g/mol. The molecule has 4 amide bonds. The third-order valence-electron chi connectivity index (χ3n) is 4.83. The van der Waals surface area contributed by atoms with E-state index in [-0.39, 0.29) is 24.6 Å². The van der Waals surface area contributed by atoms with Crippen LogP contribution in [-0.2, 0) is 19.9 Å². The fourth-order valence-electron chi connectivity index (χ4n) is 3.57. The second-order valence-corrected chi connectivity index (χ2v) is 6.24. The van der Waals surface area contributed by atoms with Crippen LogP contribution in [-0.4, -0.2) is 71.5 Å². The van der Waals surface area contributed by atoms with Gasteiger partial charge in [-0.15, -0.1) is 0 Å². The first-order valence-corrected chi connectivity index (χ1v) is 8.02. The lowest BCUT2D eigenvalue weighted by molar-refractivity contribution is -0.134. The molecule has 0 bridgehead atoms. The van der Waals surface area contributed by atoms with Gasteiger partial charge in [-0.25, -0.2) is 4.79 Å². The molecule has 0 unspecified atom stereocenters. The third kappa shape index (κ3) is 2.59. The number of hydrogen-bond donors (Lipinski definition) is 4. The number of β-amino-alcohol motifs (C(OH)–C–C–N with tert-alkyl or cyclic N) is 1. The van der Waals surface area contributed by atoms with Crippen LogP contribution >= 0.6 is 0 Å². The van der Waals surface area contributed by atoms with Crippen molar-refractivity contribution in [2.45, 2.75) is 17.7 Å². The van der Waals surface area contributed by atoms with Crippen LogP contribution in [0.4, 0.5) is 10.5 Å². The van der Waals surface area contributed by atoms with Gasteiger partial charge in [0.15, 0.2) is 5.54 Å². The molecule has 1 aromatic carbocycles. The van der Waals surface area contributed by atoms with Crippen molar-refractivity contribution in [3.63, 3.8) is 0 Å². The van der Waals surface area contributed by atoms with E-state index in [0.717, 1.165) is 4.90 Å². The Labute approximate surface area is 148 Å². The largest absolute Gasteiger partial charge is 0.388 e. The van der Waals surface area contributed by atoms with Crippen molar-refractivity contribution in [2.75, 3.05) is 31.2 Å². The molecule has 3 rings (SSSR count). The smallest absolute Gasteiger partial charge is 0.316 e. The van der Waals surface area contributed by atoms with Gasteiger partial charge in [-0.2, -0.15) is 0 Å². The first-order valence-electron chi connectivity index (χ1n) is 8.02. The number of carbonyl (C=O) groups is 3. The van der Waals surface area contributed by atoms with E-state index < -0.39 is 29.7 Å². The first kappa shape index (κ1) is 18.1. The summed E-state index contributed by atoms with van der Waals surface area (Å²) in [4.78, 5) is 38.4. The first-order chi connectivity index (χ1) is 12.3. The predicted octanol–water partition coefficient (Wildman–Crippen LogP) is -2.15. The molecule has 0 aromatic heterocycles. The number of anilines is 1. The maximum absolute atomic E-state index is 12.3. The maximum Gasteiger partial charge on any atom is 0.316 e. The summed E-state index contributed by atoms with van der Waals surface area (Å²) < 4.78 is 5.08. The van der Waals surface area contributed by atoms with Gasteiger partial charge in [0.25, 0.3) is 11.8 Å². The summed E-state index contributed by atoms with van der Waals surface area (Å²) in [7, 11) is 0.